The Bertz CT molecular complexity index is 812. The van der Waals surface area contributed by atoms with Crippen molar-refractivity contribution < 1.29 is 19.1 Å². The van der Waals surface area contributed by atoms with Crippen molar-refractivity contribution >= 4 is 18.2 Å². The number of amides is 1. The lowest BCUT2D eigenvalue weighted by Gasteiger charge is -2.35. The molecule has 1 fully saturated rings. The van der Waals surface area contributed by atoms with E-state index in [9.17, 15) is 14.4 Å². The Labute approximate surface area is 164 Å². The molecule has 0 N–H and O–H groups in total. The number of aldehydes is 1. The van der Waals surface area contributed by atoms with Crippen LogP contribution in [0.3, 0.4) is 0 Å². The summed E-state index contributed by atoms with van der Waals surface area (Å²) in [7, 11) is 0. The van der Waals surface area contributed by atoms with Crippen LogP contribution in [0.2, 0.25) is 0 Å². The zero-order chi connectivity index (χ0) is 19.9. The second-order valence-corrected chi connectivity index (χ2v) is 6.87. The minimum Gasteiger partial charge on any atom is -0.449 e. The van der Waals surface area contributed by atoms with Crippen molar-refractivity contribution in [2.75, 3.05) is 26.2 Å². The Kier molecular flexibility index (Phi) is 6.55. The third kappa shape index (κ3) is 5.04. The first-order chi connectivity index (χ1) is 13.6. The van der Waals surface area contributed by atoms with Crippen LogP contribution in [0.4, 0.5) is 0 Å². The maximum Gasteiger partial charge on any atom is 0.338 e. The number of rotatable bonds is 6. The Morgan fingerprint density at radius 1 is 1.00 bits per heavy atom. The Hall–Kier alpha value is -2.99. The molecule has 2 aromatic carbocycles. The summed E-state index contributed by atoms with van der Waals surface area (Å²) < 4.78 is 5.32. The van der Waals surface area contributed by atoms with Crippen LogP contribution in [-0.2, 0) is 16.1 Å². The van der Waals surface area contributed by atoms with Gasteiger partial charge in [0.05, 0.1) is 5.56 Å². The topological polar surface area (TPSA) is 66.9 Å². The summed E-state index contributed by atoms with van der Waals surface area (Å²) >= 11 is 0. The van der Waals surface area contributed by atoms with Crippen LogP contribution in [0, 0.1) is 0 Å². The molecular weight excluding hydrogens is 356 g/mol. The molecular formula is C22H24N2O4. The standard InChI is InChI=1S/C22H24N2O4/c1-17(28-22(27)20-9-7-19(16-25)8-10-20)21(26)24-13-11-23(12-14-24)15-18-5-3-2-4-6-18/h2-10,16-17H,11-15H2,1H3. The fourth-order valence-corrected chi connectivity index (χ4v) is 3.20. The van der Waals surface area contributed by atoms with E-state index < -0.39 is 12.1 Å². The van der Waals surface area contributed by atoms with Crippen LogP contribution in [0.1, 0.15) is 33.2 Å². The van der Waals surface area contributed by atoms with Crippen LogP contribution in [-0.4, -0.2) is 60.2 Å². The molecule has 1 amide bonds. The van der Waals surface area contributed by atoms with Crippen LogP contribution >= 0.6 is 0 Å². The molecule has 1 aliphatic heterocycles. The number of piperazine rings is 1. The summed E-state index contributed by atoms with van der Waals surface area (Å²) in [6.07, 6.45) is -0.141. The van der Waals surface area contributed by atoms with Gasteiger partial charge in [0, 0.05) is 38.3 Å². The average Bonchev–Trinajstić information content (AvgIpc) is 2.74. The third-order valence-corrected chi connectivity index (χ3v) is 4.85. The fraction of sp³-hybridized carbons (Fsp3) is 0.318. The third-order valence-electron chi connectivity index (χ3n) is 4.85. The minimum absolute atomic E-state index is 0.183. The van der Waals surface area contributed by atoms with Gasteiger partial charge < -0.3 is 9.64 Å². The molecule has 1 saturated heterocycles. The van der Waals surface area contributed by atoms with Gasteiger partial charge in [0.15, 0.2) is 6.10 Å². The van der Waals surface area contributed by atoms with Gasteiger partial charge in [0.1, 0.15) is 6.29 Å². The first kappa shape index (κ1) is 19.8. The monoisotopic (exact) mass is 380 g/mol. The Morgan fingerprint density at radius 3 is 2.25 bits per heavy atom. The zero-order valence-corrected chi connectivity index (χ0v) is 15.9. The second kappa shape index (κ2) is 9.28. The molecule has 6 nitrogen and oxygen atoms in total. The molecule has 0 saturated carbocycles. The first-order valence-corrected chi connectivity index (χ1v) is 9.38. The highest BCUT2D eigenvalue weighted by Gasteiger charge is 2.27. The summed E-state index contributed by atoms with van der Waals surface area (Å²) in [6.45, 7) is 5.26. The lowest BCUT2D eigenvalue weighted by Crippen LogP contribution is -2.51. The smallest absolute Gasteiger partial charge is 0.338 e. The Balaban J connectivity index is 1.48. The van der Waals surface area contributed by atoms with Crippen molar-refractivity contribution in [2.45, 2.75) is 19.6 Å². The van der Waals surface area contributed by atoms with Gasteiger partial charge in [-0.2, -0.15) is 0 Å². The molecule has 1 unspecified atom stereocenters. The van der Waals surface area contributed by atoms with E-state index in [-0.39, 0.29) is 5.91 Å². The van der Waals surface area contributed by atoms with Crippen molar-refractivity contribution in [3.05, 3.63) is 71.3 Å². The van der Waals surface area contributed by atoms with Gasteiger partial charge >= 0.3 is 5.97 Å². The van der Waals surface area contributed by atoms with Crippen LogP contribution in [0.25, 0.3) is 0 Å². The number of carbonyl (C=O) groups excluding carboxylic acids is 3. The van der Waals surface area contributed by atoms with Crippen LogP contribution in [0.15, 0.2) is 54.6 Å². The number of benzene rings is 2. The fourth-order valence-electron chi connectivity index (χ4n) is 3.20. The van der Waals surface area contributed by atoms with Gasteiger partial charge in [-0.25, -0.2) is 4.79 Å². The number of ether oxygens (including phenoxy) is 1. The summed E-state index contributed by atoms with van der Waals surface area (Å²) in [4.78, 5) is 39.6. The number of carbonyl (C=O) groups is 3. The zero-order valence-electron chi connectivity index (χ0n) is 15.9. The van der Waals surface area contributed by atoms with Crippen LogP contribution in [0.5, 0.6) is 0 Å². The largest absolute Gasteiger partial charge is 0.449 e. The lowest BCUT2D eigenvalue weighted by atomic mass is 10.1. The molecule has 28 heavy (non-hydrogen) atoms. The van der Waals surface area contributed by atoms with E-state index >= 15 is 0 Å². The van der Waals surface area contributed by atoms with Crippen molar-refractivity contribution in [3.63, 3.8) is 0 Å². The van der Waals surface area contributed by atoms with Gasteiger partial charge in [-0.15, -0.1) is 0 Å². The predicted octanol–water partition coefficient (Wildman–Crippen LogP) is 2.39. The van der Waals surface area contributed by atoms with E-state index in [1.54, 1.807) is 24.0 Å². The predicted molar refractivity (Wildman–Crippen MR) is 105 cm³/mol. The summed E-state index contributed by atoms with van der Waals surface area (Å²) in [5.41, 5.74) is 2.05. The summed E-state index contributed by atoms with van der Waals surface area (Å²) in [5, 5.41) is 0. The quantitative estimate of drug-likeness (QED) is 0.569. The van der Waals surface area contributed by atoms with Crippen molar-refractivity contribution in [2.24, 2.45) is 0 Å². The van der Waals surface area contributed by atoms with E-state index in [0.717, 1.165) is 19.6 Å². The van der Waals surface area contributed by atoms with Gasteiger partial charge in [-0.1, -0.05) is 42.5 Å². The molecule has 1 heterocycles. The number of esters is 1. The maximum absolute atomic E-state index is 12.6. The van der Waals surface area contributed by atoms with Crippen molar-refractivity contribution in [3.8, 4) is 0 Å². The average molecular weight is 380 g/mol. The van der Waals surface area contributed by atoms with E-state index in [0.29, 0.717) is 30.5 Å². The van der Waals surface area contributed by atoms with E-state index in [1.165, 1.54) is 17.7 Å². The van der Waals surface area contributed by atoms with Gasteiger partial charge in [0.2, 0.25) is 0 Å². The molecule has 1 aliphatic rings. The molecule has 0 aromatic heterocycles. The molecule has 0 radical (unpaired) electrons. The van der Waals surface area contributed by atoms with Gasteiger partial charge in [-0.3, -0.25) is 14.5 Å². The second-order valence-electron chi connectivity index (χ2n) is 6.87. The van der Waals surface area contributed by atoms with Crippen molar-refractivity contribution in [1.82, 2.24) is 9.80 Å². The Morgan fingerprint density at radius 2 is 1.64 bits per heavy atom. The van der Waals surface area contributed by atoms with Gasteiger partial charge in [0.25, 0.3) is 5.91 Å². The number of hydrogen-bond donors (Lipinski definition) is 0. The van der Waals surface area contributed by atoms with Crippen LogP contribution < -0.4 is 0 Å². The molecule has 2 aromatic rings. The summed E-state index contributed by atoms with van der Waals surface area (Å²) in [6, 6.07) is 16.4. The number of hydrogen-bond acceptors (Lipinski definition) is 5. The molecule has 0 bridgehead atoms. The highest BCUT2D eigenvalue weighted by molar-refractivity contribution is 5.92. The molecule has 0 aliphatic carbocycles. The lowest BCUT2D eigenvalue weighted by molar-refractivity contribution is -0.141. The van der Waals surface area contributed by atoms with E-state index in [4.69, 9.17) is 4.74 Å². The maximum atomic E-state index is 12.6. The van der Waals surface area contributed by atoms with Crippen molar-refractivity contribution in [1.29, 1.82) is 0 Å². The molecule has 1 atom stereocenters. The SMILES string of the molecule is CC(OC(=O)c1ccc(C=O)cc1)C(=O)N1CCN(Cc2ccccc2)CC1. The molecule has 3 rings (SSSR count). The van der Waals surface area contributed by atoms with E-state index in [2.05, 4.69) is 17.0 Å². The molecule has 6 heteroatoms. The minimum atomic E-state index is -0.848. The highest BCUT2D eigenvalue weighted by atomic mass is 16.5. The normalized spacial score (nSPS) is 15.7. The number of nitrogens with zero attached hydrogens (tertiary/aromatic N) is 2. The molecule has 146 valence electrons. The first-order valence-electron chi connectivity index (χ1n) is 9.38. The molecule has 0 spiro atoms. The van der Waals surface area contributed by atoms with Gasteiger partial charge in [-0.05, 0) is 24.6 Å². The summed E-state index contributed by atoms with van der Waals surface area (Å²) in [5.74, 6) is -0.752. The van der Waals surface area contributed by atoms with E-state index in [1.807, 2.05) is 18.2 Å². The highest BCUT2D eigenvalue weighted by Crippen LogP contribution is 2.12.